The highest BCUT2D eigenvalue weighted by molar-refractivity contribution is 6.29. The van der Waals surface area contributed by atoms with Crippen molar-refractivity contribution in [2.24, 2.45) is 0 Å². The minimum absolute atomic E-state index is 0.0844. The number of hydrogen-bond acceptors (Lipinski definition) is 4. The van der Waals surface area contributed by atoms with Crippen molar-refractivity contribution in [1.82, 2.24) is 4.98 Å². The van der Waals surface area contributed by atoms with Crippen molar-refractivity contribution < 1.29 is 13.9 Å². The van der Waals surface area contributed by atoms with E-state index >= 15 is 0 Å². The molecule has 0 radical (unpaired) electrons. The lowest BCUT2D eigenvalue weighted by Crippen LogP contribution is -2.05. The summed E-state index contributed by atoms with van der Waals surface area (Å²) in [6, 6.07) is 13.0. The van der Waals surface area contributed by atoms with Gasteiger partial charge in [0, 0.05) is 11.1 Å². The minimum atomic E-state index is -0.350. The van der Waals surface area contributed by atoms with Gasteiger partial charge in [-0.1, -0.05) is 41.9 Å². The van der Waals surface area contributed by atoms with Crippen molar-refractivity contribution in [3.8, 4) is 11.3 Å². The Morgan fingerprint density at radius 3 is 2.71 bits per heavy atom. The molecule has 0 N–H and O–H groups in total. The predicted octanol–water partition coefficient (Wildman–Crippen LogP) is 3.86. The first-order valence-corrected chi connectivity index (χ1v) is 6.77. The zero-order valence-electron chi connectivity index (χ0n) is 11.3. The summed E-state index contributed by atoms with van der Waals surface area (Å²) in [7, 11) is 1.35. The summed E-state index contributed by atoms with van der Waals surface area (Å²) in [6.07, 6.45) is 0.0844. The van der Waals surface area contributed by atoms with Gasteiger partial charge in [0.05, 0.1) is 13.5 Å². The Kier molecular flexibility index (Phi) is 3.62. The largest absolute Gasteiger partial charge is 0.469 e. The topological polar surface area (TPSA) is 52.3 Å². The Labute approximate surface area is 126 Å². The summed E-state index contributed by atoms with van der Waals surface area (Å²) in [5.41, 5.74) is 2.75. The summed E-state index contributed by atoms with van der Waals surface area (Å²) in [4.78, 5) is 15.9. The molecule has 0 unspecified atom stereocenters. The van der Waals surface area contributed by atoms with Crippen LogP contribution in [0.15, 0.2) is 46.9 Å². The maximum atomic E-state index is 11.7. The number of halogens is 1. The fourth-order valence-electron chi connectivity index (χ4n) is 2.20. The molecule has 0 atom stereocenters. The van der Waals surface area contributed by atoms with Gasteiger partial charge in [-0.05, 0) is 12.1 Å². The second-order valence-electron chi connectivity index (χ2n) is 4.51. The van der Waals surface area contributed by atoms with Gasteiger partial charge in [-0.15, -0.1) is 0 Å². The van der Waals surface area contributed by atoms with Crippen molar-refractivity contribution in [3.05, 3.63) is 53.2 Å². The number of nitrogens with zero attached hydrogens (tertiary/aromatic N) is 1. The van der Waals surface area contributed by atoms with Crippen LogP contribution in [0.3, 0.4) is 0 Å². The number of pyridine rings is 1. The fraction of sp³-hybridized carbons (Fsp3) is 0.125. The van der Waals surface area contributed by atoms with E-state index in [-0.39, 0.29) is 12.4 Å². The van der Waals surface area contributed by atoms with Crippen molar-refractivity contribution >= 4 is 28.7 Å². The van der Waals surface area contributed by atoms with E-state index in [0.29, 0.717) is 27.6 Å². The number of esters is 1. The van der Waals surface area contributed by atoms with Gasteiger partial charge in [-0.2, -0.15) is 0 Å². The standard InChI is InChI=1S/C16H12ClNO3/c1-20-14(19)9-11-15-12(7-8-13(17)18-15)21-16(11)10-5-3-2-4-6-10/h2-8H,9H2,1H3. The number of benzene rings is 1. The van der Waals surface area contributed by atoms with E-state index < -0.39 is 0 Å². The number of carbonyl (C=O) groups is 1. The summed E-state index contributed by atoms with van der Waals surface area (Å²) < 4.78 is 10.6. The van der Waals surface area contributed by atoms with E-state index in [2.05, 4.69) is 4.98 Å². The van der Waals surface area contributed by atoms with Crippen LogP contribution in [0.1, 0.15) is 5.56 Å². The van der Waals surface area contributed by atoms with Gasteiger partial charge in [0.25, 0.3) is 0 Å². The van der Waals surface area contributed by atoms with Crippen LogP contribution in [0.4, 0.5) is 0 Å². The van der Waals surface area contributed by atoms with Crippen LogP contribution in [0.25, 0.3) is 22.4 Å². The predicted molar refractivity (Wildman–Crippen MR) is 80.2 cm³/mol. The number of methoxy groups -OCH3 is 1. The lowest BCUT2D eigenvalue weighted by molar-refractivity contribution is -0.139. The Hall–Kier alpha value is -2.33. The van der Waals surface area contributed by atoms with E-state index in [1.807, 2.05) is 30.3 Å². The maximum absolute atomic E-state index is 11.7. The number of aromatic nitrogens is 1. The van der Waals surface area contributed by atoms with Gasteiger partial charge >= 0.3 is 5.97 Å². The molecule has 1 aromatic carbocycles. The summed E-state index contributed by atoms with van der Waals surface area (Å²) in [6.45, 7) is 0. The maximum Gasteiger partial charge on any atom is 0.310 e. The number of rotatable bonds is 3. The van der Waals surface area contributed by atoms with Crippen molar-refractivity contribution in [2.75, 3.05) is 7.11 Å². The molecule has 0 spiro atoms. The summed E-state index contributed by atoms with van der Waals surface area (Å²) in [5, 5.41) is 0.356. The molecular formula is C16H12ClNO3. The molecule has 0 fully saturated rings. The molecule has 2 heterocycles. The molecule has 3 rings (SSSR count). The second kappa shape index (κ2) is 5.58. The van der Waals surface area contributed by atoms with E-state index in [9.17, 15) is 4.79 Å². The third kappa shape index (κ3) is 2.62. The number of ether oxygens (including phenoxy) is 1. The molecule has 0 amide bonds. The monoisotopic (exact) mass is 301 g/mol. The lowest BCUT2D eigenvalue weighted by Gasteiger charge is -2.02. The summed E-state index contributed by atoms with van der Waals surface area (Å²) >= 11 is 5.95. The van der Waals surface area contributed by atoms with Crippen LogP contribution in [-0.2, 0) is 16.0 Å². The fourth-order valence-corrected chi connectivity index (χ4v) is 2.35. The van der Waals surface area contributed by atoms with Crippen LogP contribution in [-0.4, -0.2) is 18.1 Å². The van der Waals surface area contributed by atoms with E-state index in [1.54, 1.807) is 12.1 Å². The molecule has 21 heavy (non-hydrogen) atoms. The lowest BCUT2D eigenvalue weighted by atomic mass is 10.1. The van der Waals surface area contributed by atoms with Gasteiger partial charge in [-0.25, -0.2) is 4.98 Å². The van der Waals surface area contributed by atoms with Gasteiger partial charge in [0.2, 0.25) is 0 Å². The number of fused-ring (bicyclic) bond motifs is 1. The van der Waals surface area contributed by atoms with E-state index in [1.165, 1.54) is 7.11 Å². The molecule has 0 aliphatic carbocycles. The molecule has 0 aliphatic rings. The average Bonchev–Trinajstić information content (AvgIpc) is 2.86. The van der Waals surface area contributed by atoms with E-state index in [4.69, 9.17) is 20.8 Å². The first-order valence-electron chi connectivity index (χ1n) is 6.39. The highest BCUT2D eigenvalue weighted by Crippen LogP contribution is 2.33. The summed E-state index contributed by atoms with van der Waals surface area (Å²) in [5.74, 6) is 0.266. The molecule has 2 aromatic heterocycles. The third-order valence-electron chi connectivity index (χ3n) is 3.18. The molecule has 0 bridgehead atoms. The van der Waals surface area contributed by atoms with Gasteiger partial charge in [0.1, 0.15) is 16.4 Å². The molecule has 0 aliphatic heterocycles. The number of hydrogen-bond donors (Lipinski definition) is 0. The SMILES string of the molecule is COC(=O)Cc1c(-c2ccccc2)oc2ccc(Cl)nc12. The van der Waals surface area contributed by atoms with Crippen molar-refractivity contribution in [1.29, 1.82) is 0 Å². The Morgan fingerprint density at radius 1 is 1.24 bits per heavy atom. The van der Waals surface area contributed by atoms with Crippen LogP contribution in [0, 0.1) is 0 Å². The first kappa shape index (κ1) is 13.6. The number of carbonyl (C=O) groups excluding carboxylic acids is 1. The minimum Gasteiger partial charge on any atom is -0.469 e. The zero-order chi connectivity index (χ0) is 14.8. The quantitative estimate of drug-likeness (QED) is 0.544. The molecule has 106 valence electrons. The molecule has 0 saturated heterocycles. The van der Waals surface area contributed by atoms with Gasteiger partial charge < -0.3 is 9.15 Å². The highest BCUT2D eigenvalue weighted by Gasteiger charge is 2.20. The number of furan rings is 1. The van der Waals surface area contributed by atoms with Crippen LogP contribution < -0.4 is 0 Å². The molecule has 3 aromatic rings. The molecule has 5 heteroatoms. The smallest absolute Gasteiger partial charge is 0.310 e. The van der Waals surface area contributed by atoms with Crippen LogP contribution in [0.2, 0.25) is 5.15 Å². The van der Waals surface area contributed by atoms with E-state index in [0.717, 1.165) is 5.56 Å². The van der Waals surface area contributed by atoms with Crippen molar-refractivity contribution in [2.45, 2.75) is 6.42 Å². The first-order chi connectivity index (χ1) is 10.2. The van der Waals surface area contributed by atoms with Crippen molar-refractivity contribution in [3.63, 3.8) is 0 Å². The Balaban J connectivity index is 2.23. The second-order valence-corrected chi connectivity index (χ2v) is 4.90. The van der Waals surface area contributed by atoms with Gasteiger partial charge in [-0.3, -0.25) is 4.79 Å². The van der Waals surface area contributed by atoms with Gasteiger partial charge in [0.15, 0.2) is 5.58 Å². The third-order valence-corrected chi connectivity index (χ3v) is 3.39. The zero-order valence-corrected chi connectivity index (χ0v) is 12.1. The van der Waals surface area contributed by atoms with Crippen LogP contribution >= 0.6 is 11.6 Å². The van der Waals surface area contributed by atoms with Crippen LogP contribution in [0.5, 0.6) is 0 Å². The molecular weight excluding hydrogens is 290 g/mol. The highest BCUT2D eigenvalue weighted by atomic mass is 35.5. The molecule has 0 saturated carbocycles. The Morgan fingerprint density at radius 2 is 2.00 bits per heavy atom. The average molecular weight is 302 g/mol. The normalized spacial score (nSPS) is 10.8. The molecule has 4 nitrogen and oxygen atoms in total. The Bertz CT molecular complexity index is 796.